The maximum Gasteiger partial charge on any atom is 0.247 e. The van der Waals surface area contributed by atoms with Gasteiger partial charge in [-0.2, -0.15) is 0 Å². The lowest BCUT2D eigenvalue weighted by atomic mass is 10.2. The van der Waals surface area contributed by atoms with Crippen molar-refractivity contribution in [1.29, 1.82) is 0 Å². The van der Waals surface area contributed by atoms with E-state index in [9.17, 15) is 5.11 Å². The fourth-order valence-electron chi connectivity index (χ4n) is 2.06. The molecule has 24 heavy (non-hydrogen) atoms. The van der Waals surface area contributed by atoms with Gasteiger partial charge in [-0.3, -0.25) is 0 Å². The highest BCUT2D eigenvalue weighted by atomic mass is 16.5. The molecule has 0 bridgehead atoms. The first kappa shape index (κ1) is 16.0. The highest BCUT2D eigenvalue weighted by Crippen LogP contribution is 2.20. The van der Waals surface area contributed by atoms with E-state index in [0.29, 0.717) is 25.0 Å². The van der Waals surface area contributed by atoms with Crippen LogP contribution in [0.4, 0.5) is 0 Å². The monoisotopic (exact) mass is 326 g/mol. The summed E-state index contributed by atoms with van der Waals surface area (Å²) >= 11 is 0. The molecule has 0 fully saturated rings. The van der Waals surface area contributed by atoms with Crippen molar-refractivity contribution < 1.29 is 19.0 Å². The molecule has 6 nitrogen and oxygen atoms in total. The molecule has 3 rings (SSSR count). The fourth-order valence-corrected chi connectivity index (χ4v) is 2.06. The third-order valence-corrected chi connectivity index (χ3v) is 3.25. The quantitative estimate of drug-likeness (QED) is 0.639. The molecule has 2 aromatic carbocycles. The molecule has 0 atom stereocenters. The molecular weight excluding hydrogens is 308 g/mol. The number of phenols is 1. The standard InChI is InChI=1S/C18H18N2O4/c21-15-9-7-14(8-10-15)18-20-19-17(24-18)13-22-11-4-12-23-16-5-2-1-3-6-16/h1-3,5-10,21H,4,11-13H2. The zero-order chi connectivity index (χ0) is 16.6. The smallest absolute Gasteiger partial charge is 0.247 e. The first-order chi connectivity index (χ1) is 11.8. The van der Waals surface area contributed by atoms with Gasteiger partial charge in [0.05, 0.1) is 13.2 Å². The molecule has 0 saturated carbocycles. The lowest BCUT2D eigenvalue weighted by molar-refractivity contribution is 0.0915. The van der Waals surface area contributed by atoms with Gasteiger partial charge in [-0.1, -0.05) is 18.2 Å². The highest BCUT2D eigenvalue weighted by molar-refractivity contribution is 5.53. The van der Waals surface area contributed by atoms with Gasteiger partial charge in [0.15, 0.2) is 0 Å². The summed E-state index contributed by atoms with van der Waals surface area (Å²) in [5, 5.41) is 17.2. The predicted octanol–water partition coefficient (Wildman–Crippen LogP) is 3.43. The molecular formula is C18H18N2O4. The number of nitrogens with zero attached hydrogens (tertiary/aromatic N) is 2. The molecule has 0 unspecified atom stereocenters. The summed E-state index contributed by atoms with van der Waals surface area (Å²) < 4.78 is 16.6. The van der Waals surface area contributed by atoms with Gasteiger partial charge in [0.1, 0.15) is 18.1 Å². The van der Waals surface area contributed by atoms with Crippen LogP contribution >= 0.6 is 0 Å². The van der Waals surface area contributed by atoms with Crippen molar-refractivity contribution in [2.24, 2.45) is 0 Å². The van der Waals surface area contributed by atoms with Crippen molar-refractivity contribution in [2.75, 3.05) is 13.2 Å². The van der Waals surface area contributed by atoms with E-state index < -0.39 is 0 Å². The Kier molecular flexibility index (Phi) is 5.42. The molecule has 0 spiro atoms. The number of phenolic OH excluding ortho intramolecular Hbond substituents is 1. The Labute approximate surface area is 139 Å². The molecule has 0 aliphatic carbocycles. The van der Waals surface area contributed by atoms with Gasteiger partial charge in [0, 0.05) is 12.0 Å². The number of hydrogen-bond acceptors (Lipinski definition) is 6. The zero-order valence-corrected chi connectivity index (χ0v) is 13.1. The van der Waals surface area contributed by atoms with Crippen LogP contribution in [0.5, 0.6) is 11.5 Å². The van der Waals surface area contributed by atoms with Crippen LogP contribution in [-0.2, 0) is 11.3 Å². The van der Waals surface area contributed by atoms with Crippen molar-refractivity contribution in [1.82, 2.24) is 10.2 Å². The van der Waals surface area contributed by atoms with Crippen LogP contribution in [0.2, 0.25) is 0 Å². The van der Waals surface area contributed by atoms with Gasteiger partial charge in [-0.05, 0) is 36.4 Å². The summed E-state index contributed by atoms with van der Waals surface area (Å²) in [6, 6.07) is 16.2. The average Bonchev–Trinajstić information content (AvgIpc) is 3.08. The molecule has 1 heterocycles. The lowest BCUT2D eigenvalue weighted by Gasteiger charge is -2.05. The van der Waals surface area contributed by atoms with E-state index in [-0.39, 0.29) is 12.4 Å². The summed E-state index contributed by atoms with van der Waals surface area (Å²) in [5.74, 6) is 1.87. The van der Waals surface area contributed by atoms with Crippen molar-refractivity contribution in [2.45, 2.75) is 13.0 Å². The predicted molar refractivity (Wildman–Crippen MR) is 87.6 cm³/mol. The summed E-state index contributed by atoms with van der Waals surface area (Å²) in [6.45, 7) is 1.40. The third kappa shape index (κ3) is 4.57. The number of aromatic nitrogens is 2. The van der Waals surface area contributed by atoms with Gasteiger partial charge < -0.3 is 19.0 Å². The number of para-hydroxylation sites is 1. The van der Waals surface area contributed by atoms with Crippen LogP contribution in [0.15, 0.2) is 59.0 Å². The van der Waals surface area contributed by atoms with E-state index in [0.717, 1.165) is 17.7 Å². The van der Waals surface area contributed by atoms with Gasteiger partial charge in [-0.15, -0.1) is 10.2 Å². The van der Waals surface area contributed by atoms with Gasteiger partial charge in [-0.25, -0.2) is 0 Å². The van der Waals surface area contributed by atoms with E-state index >= 15 is 0 Å². The maximum atomic E-state index is 9.27. The normalized spacial score (nSPS) is 10.7. The molecule has 3 aromatic rings. The van der Waals surface area contributed by atoms with Crippen molar-refractivity contribution in [3.8, 4) is 23.0 Å². The third-order valence-electron chi connectivity index (χ3n) is 3.25. The minimum atomic E-state index is 0.194. The van der Waals surface area contributed by atoms with Crippen LogP contribution in [0, 0.1) is 0 Å². The van der Waals surface area contributed by atoms with Gasteiger partial charge in [0.25, 0.3) is 0 Å². The topological polar surface area (TPSA) is 77.6 Å². The Morgan fingerprint density at radius 1 is 0.917 bits per heavy atom. The Hall–Kier alpha value is -2.86. The molecule has 0 saturated heterocycles. The molecule has 0 aliphatic rings. The SMILES string of the molecule is Oc1ccc(-c2nnc(COCCCOc3ccccc3)o2)cc1. The van der Waals surface area contributed by atoms with E-state index in [1.807, 2.05) is 30.3 Å². The van der Waals surface area contributed by atoms with Gasteiger partial charge in [0.2, 0.25) is 11.8 Å². The highest BCUT2D eigenvalue weighted by Gasteiger charge is 2.08. The summed E-state index contributed by atoms with van der Waals surface area (Å²) in [7, 11) is 0. The zero-order valence-electron chi connectivity index (χ0n) is 13.1. The Morgan fingerprint density at radius 2 is 1.71 bits per heavy atom. The van der Waals surface area contributed by atoms with Crippen LogP contribution in [-0.4, -0.2) is 28.5 Å². The molecule has 124 valence electrons. The second-order valence-corrected chi connectivity index (χ2v) is 5.12. The average molecular weight is 326 g/mol. The molecule has 1 aromatic heterocycles. The Balaban J connectivity index is 1.37. The number of aromatic hydroxyl groups is 1. The molecule has 1 N–H and O–H groups in total. The number of rotatable bonds is 8. The second kappa shape index (κ2) is 8.12. The summed E-state index contributed by atoms with van der Waals surface area (Å²) in [6.07, 6.45) is 0.772. The fraction of sp³-hybridized carbons (Fsp3) is 0.222. The van der Waals surface area contributed by atoms with E-state index in [1.54, 1.807) is 24.3 Å². The number of hydrogen-bond donors (Lipinski definition) is 1. The lowest BCUT2D eigenvalue weighted by Crippen LogP contribution is -2.03. The summed E-state index contributed by atoms with van der Waals surface area (Å²) in [4.78, 5) is 0. The largest absolute Gasteiger partial charge is 0.508 e. The molecule has 0 aliphatic heterocycles. The molecule has 6 heteroatoms. The van der Waals surface area contributed by atoms with Crippen molar-refractivity contribution in [3.05, 3.63) is 60.5 Å². The molecule has 0 radical (unpaired) electrons. The van der Waals surface area contributed by atoms with E-state index in [1.165, 1.54) is 0 Å². The van der Waals surface area contributed by atoms with Crippen molar-refractivity contribution >= 4 is 0 Å². The first-order valence-corrected chi connectivity index (χ1v) is 7.68. The van der Waals surface area contributed by atoms with Crippen molar-refractivity contribution in [3.63, 3.8) is 0 Å². The number of ether oxygens (including phenoxy) is 2. The molecule has 0 amide bonds. The van der Waals surface area contributed by atoms with Crippen LogP contribution < -0.4 is 4.74 Å². The van der Waals surface area contributed by atoms with E-state index in [2.05, 4.69) is 10.2 Å². The minimum Gasteiger partial charge on any atom is -0.508 e. The maximum absolute atomic E-state index is 9.27. The van der Waals surface area contributed by atoms with Gasteiger partial charge >= 0.3 is 0 Å². The Morgan fingerprint density at radius 3 is 2.50 bits per heavy atom. The number of benzene rings is 2. The first-order valence-electron chi connectivity index (χ1n) is 7.68. The van der Waals surface area contributed by atoms with Crippen LogP contribution in [0.1, 0.15) is 12.3 Å². The minimum absolute atomic E-state index is 0.194. The second-order valence-electron chi connectivity index (χ2n) is 5.12. The Bertz CT molecular complexity index is 741. The van der Waals surface area contributed by atoms with E-state index in [4.69, 9.17) is 13.9 Å². The van der Waals surface area contributed by atoms with Crippen LogP contribution in [0.3, 0.4) is 0 Å². The summed E-state index contributed by atoms with van der Waals surface area (Å²) in [5.41, 5.74) is 0.753. The van der Waals surface area contributed by atoms with Crippen LogP contribution in [0.25, 0.3) is 11.5 Å².